The summed E-state index contributed by atoms with van der Waals surface area (Å²) in [4.78, 5) is 26.1. The van der Waals surface area contributed by atoms with Crippen LogP contribution >= 0.6 is 0 Å². The number of benzene rings is 2. The first kappa shape index (κ1) is 17.0. The van der Waals surface area contributed by atoms with E-state index in [9.17, 15) is 9.59 Å². The molecule has 0 radical (unpaired) electrons. The summed E-state index contributed by atoms with van der Waals surface area (Å²) in [5.41, 5.74) is 2.57. The highest BCUT2D eigenvalue weighted by atomic mass is 16.5. The number of methoxy groups -OCH3 is 1. The van der Waals surface area contributed by atoms with Gasteiger partial charge in [0.25, 0.3) is 5.91 Å². The Morgan fingerprint density at radius 1 is 1.12 bits per heavy atom. The minimum absolute atomic E-state index is 0.0745. The molecular weight excluding hydrogens is 318 g/mol. The van der Waals surface area contributed by atoms with E-state index in [-0.39, 0.29) is 11.9 Å². The van der Waals surface area contributed by atoms with Gasteiger partial charge in [0.15, 0.2) is 6.10 Å². The van der Waals surface area contributed by atoms with Gasteiger partial charge >= 0.3 is 5.97 Å². The van der Waals surface area contributed by atoms with E-state index >= 15 is 0 Å². The maximum Gasteiger partial charge on any atom is 0.337 e. The molecule has 0 unspecified atom stereocenters. The zero-order chi connectivity index (χ0) is 18.0. The highest BCUT2D eigenvalue weighted by Crippen LogP contribution is 2.32. The Bertz CT molecular complexity index is 785. The Kier molecular flexibility index (Phi) is 4.74. The van der Waals surface area contributed by atoms with Gasteiger partial charge in [0, 0.05) is 11.7 Å². The second-order valence-electron chi connectivity index (χ2n) is 6.17. The third-order valence-corrected chi connectivity index (χ3v) is 4.38. The van der Waals surface area contributed by atoms with Crippen molar-refractivity contribution >= 4 is 17.6 Å². The van der Waals surface area contributed by atoms with E-state index in [4.69, 9.17) is 4.74 Å². The minimum Gasteiger partial charge on any atom is -0.481 e. The molecule has 1 heterocycles. The summed E-state index contributed by atoms with van der Waals surface area (Å²) in [5.74, 6) is 0.0568. The number of amides is 1. The van der Waals surface area contributed by atoms with Crippen LogP contribution in [0.15, 0.2) is 48.5 Å². The number of rotatable bonds is 4. The molecule has 2 aromatic rings. The van der Waals surface area contributed by atoms with E-state index in [0.717, 1.165) is 12.1 Å². The Hall–Kier alpha value is -2.82. The first-order valence-electron chi connectivity index (χ1n) is 8.27. The first-order valence-corrected chi connectivity index (χ1v) is 8.27. The molecular formula is C20H21NO4. The van der Waals surface area contributed by atoms with Crippen LogP contribution in [0.4, 0.5) is 5.69 Å². The molecule has 1 aliphatic heterocycles. The van der Waals surface area contributed by atoms with Crippen molar-refractivity contribution in [2.45, 2.75) is 32.4 Å². The van der Waals surface area contributed by atoms with Crippen LogP contribution in [0.1, 0.15) is 29.8 Å². The van der Waals surface area contributed by atoms with Crippen molar-refractivity contribution in [3.8, 4) is 5.75 Å². The lowest BCUT2D eigenvalue weighted by Gasteiger charge is -2.26. The molecule has 0 saturated heterocycles. The van der Waals surface area contributed by atoms with Crippen LogP contribution in [0.2, 0.25) is 0 Å². The van der Waals surface area contributed by atoms with E-state index < -0.39 is 12.1 Å². The Balaban J connectivity index is 1.72. The number of ether oxygens (including phenoxy) is 2. The number of para-hydroxylation sites is 1. The molecule has 130 valence electrons. The van der Waals surface area contributed by atoms with E-state index in [2.05, 4.69) is 10.8 Å². The zero-order valence-electron chi connectivity index (χ0n) is 14.6. The van der Waals surface area contributed by atoms with Crippen LogP contribution in [-0.2, 0) is 16.0 Å². The quantitative estimate of drug-likeness (QED) is 0.803. The molecule has 1 aliphatic rings. The van der Waals surface area contributed by atoms with Crippen LogP contribution in [0.5, 0.6) is 5.75 Å². The number of nitrogens with zero attached hydrogens (tertiary/aromatic N) is 1. The molecule has 0 N–H and O–H groups in total. The normalized spacial score (nSPS) is 16.9. The number of fused-ring (bicyclic) bond motifs is 1. The van der Waals surface area contributed by atoms with Crippen molar-refractivity contribution in [3.05, 3.63) is 59.7 Å². The first-order chi connectivity index (χ1) is 12.0. The van der Waals surface area contributed by atoms with Crippen molar-refractivity contribution in [1.82, 2.24) is 0 Å². The minimum atomic E-state index is -0.627. The van der Waals surface area contributed by atoms with Crippen LogP contribution < -0.4 is 9.64 Å². The second kappa shape index (κ2) is 6.97. The summed E-state index contributed by atoms with van der Waals surface area (Å²) in [7, 11) is 1.34. The molecule has 2 atom stereocenters. The van der Waals surface area contributed by atoms with Gasteiger partial charge in [-0.1, -0.05) is 18.2 Å². The van der Waals surface area contributed by atoms with Crippen molar-refractivity contribution in [2.24, 2.45) is 0 Å². The van der Waals surface area contributed by atoms with E-state index in [0.29, 0.717) is 11.3 Å². The standard InChI is InChI=1S/C20H21NO4/c1-13-12-16-6-4-5-7-18(16)21(13)19(22)14(2)25-17-10-8-15(9-11-17)20(23)24-3/h4-11,13-14H,12H2,1-3H3/t13-,14-/m1/s1. The summed E-state index contributed by atoms with van der Waals surface area (Å²) < 4.78 is 10.4. The average Bonchev–Trinajstić information content (AvgIpc) is 2.96. The molecule has 25 heavy (non-hydrogen) atoms. The fraction of sp³-hybridized carbons (Fsp3) is 0.300. The highest BCUT2D eigenvalue weighted by molar-refractivity contribution is 5.99. The van der Waals surface area contributed by atoms with Crippen molar-refractivity contribution in [3.63, 3.8) is 0 Å². The smallest absolute Gasteiger partial charge is 0.337 e. The lowest BCUT2D eigenvalue weighted by atomic mass is 10.1. The van der Waals surface area contributed by atoms with E-state index in [1.54, 1.807) is 31.2 Å². The zero-order valence-corrected chi connectivity index (χ0v) is 14.6. The van der Waals surface area contributed by atoms with Crippen molar-refractivity contribution in [2.75, 3.05) is 12.0 Å². The monoisotopic (exact) mass is 339 g/mol. The van der Waals surface area contributed by atoms with Gasteiger partial charge in [0.1, 0.15) is 5.75 Å². The Morgan fingerprint density at radius 3 is 2.48 bits per heavy atom. The van der Waals surface area contributed by atoms with Gasteiger partial charge in [-0.3, -0.25) is 4.79 Å². The Morgan fingerprint density at radius 2 is 1.80 bits per heavy atom. The lowest BCUT2D eigenvalue weighted by Crippen LogP contribution is -2.43. The number of hydrogen-bond acceptors (Lipinski definition) is 4. The molecule has 3 rings (SSSR count). The molecule has 2 aromatic carbocycles. The van der Waals surface area contributed by atoms with Gasteiger partial charge in [0.2, 0.25) is 0 Å². The second-order valence-corrected chi connectivity index (χ2v) is 6.17. The SMILES string of the molecule is COC(=O)c1ccc(O[C@H](C)C(=O)N2c3ccccc3C[C@H]2C)cc1. The average molecular weight is 339 g/mol. The maximum absolute atomic E-state index is 12.9. The van der Waals surface area contributed by atoms with Crippen molar-refractivity contribution in [1.29, 1.82) is 0 Å². The molecule has 0 spiro atoms. The van der Waals surface area contributed by atoms with Gasteiger partial charge in [-0.05, 0) is 56.2 Å². The summed E-state index contributed by atoms with van der Waals surface area (Å²) >= 11 is 0. The molecule has 5 heteroatoms. The van der Waals surface area contributed by atoms with Gasteiger partial charge < -0.3 is 14.4 Å². The Labute approximate surface area is 147 Å². The summed E-state index contributed by atoms with van der Waals surface area (Å²) in [6.07, 6.45) is 0.222. The highest BCUT2D eigenvalue weighted by Gasteiger charge is 2.33. The molecule has 0 bridgehead atoms. The van der Waals surface area contributed by atoms with Gasteiger partial charge in [0.05, 0.1) is 12.7 Å². The number of hydrogen-bond donors (Lipinski definition) is 0. The molecule has 0 fully saturated rings. The van der Waals surface area contributed by atoms with E-state index in [1.165, 1.54) is 12.7 Å². The van der Waals surface area contributed by atoms with Crippen molar-refractivity contribution < 1.29 is 19.1 Å². The fourth-order valence-corrected chi connectivity index (χ4v) is 3.14. The summed E-state index contributed by atoms with van der Waals surface area (Å²) in [6.45, 7) is 3.78. The summed E-state index contributed by atoms with van der Waals surface area (Å²) in [5, 5.41) is 0. The molecule has 1 amide bonds. The van der Waals surface area contributed by atoms with Gasteiger partial charge in [-0.25, -0.2) is 4.79 Å². The molecule has 0 saturated carbocycles. The topological polar surface area (TPSA) is 55.8 Å². The predicted molar refractivity (Wildman–Crippen MR) is 95.0 cm³/mol. The van der Waals surface area contributed by atoms with Crippen LogP contribution in [-0.4, -0.2) is 31.1 Å². The van der Waals surface area contributed by atoms with Crippen LogP contribution in [0.3, 0.4) is 0 Å². The van der Waals surface area contributed by atoms with Crippen LogP contribution in [0.25, 0.3) is 0 Å². The number of anilines is 1. The predicted octanol–water partition coefficient (Wildman–Crippen LogP) is 3.22. The third kappa shape index (κ3) is 3.36. The third-order valence-electron chi connectivity index (χ3n) is 4.38. The van der Waals surface area contributed by atoms with E-state index in [1.807, 2.05) is 30.0 Å². The molecule has 0 aliphatic carbocycles. The largest absolute Gasteiger partial charge is 0.481 e. The molecule has 5 nitrogen and oxygen atoms in total. The number of carbonyl (C=O) groups is 2. The lowest BCUT2D eigenvalue weighted by molar-refractivity contribution is -0.124. The van der Waals surface area contributed by atoms with Gasteiger partial charge in [-0.2, -0.15) is 0 Å². The van der Waals surface area contributed by atoms with Gasteiger partial charge in [-0.15, -0.1) is 0 Å². The fourth-order valence-electron chi connectivity index (χ4n) is 3.14. The molecule has 0 aromatic heterocycles. The number of carbonyl (C=O) groups excluding carboxylic acids is 2. The van der Waals surface area contributed by atoms with Crippen LogP contribution in [0, 0.1) is 0 Å². The summed E-state index contributed by atoms with van der Waals surface area (Å²) in [6, 6.07) is 14.6. The maximum atomic E-state index is 12.9. The number of esters is 1.